The number of rotatable bonds is 3. The fraction of sp³-hybridized carbons (Fsp3) is 0.381. The van der Waals surface area contributed by atoms with E-state index in [1.165, 1.54) is 12.8 Å². The first-order chi connectivity index (χ1) is 13.2. The van der Waals surface area contributed by atoms with Gasteiger partial charge in [-0.1, -0.05) is 37.1 Å². The highest BCUT2D eigenvalue weighted by Crippen LogP contribution is 2.33. The molecule has 3 aromatic rings. The molecule has 2 atom stereocenters. The molecule has 0 bridgehead atoms. The molecule has 138 valence electrons. The van der Waals surface area contributed by atoms with Gasteiger partial charge >= 0.3 is 0 Å². The van der Waals surface area contributed by atoms with Crippen LogP contribution in [0.1, 0.15) is 59.3 Å². The third kappa shape index (κ3) is 2.80. The van der Waals surface area contributed by atoms with E-state index in [1.54, 1.807) is 12.3 Å². The van der Waals surface area contributed by atoms with Gasteiger partial charge in [-0.05, 0) is 30.0 Å². The molecule has 0 spiro atoms. The molecule has 0 aliphatic heterocycles. The fourth-order valence-electron chi connectivity index (χ4n) is 4.47. The lowest BCUT2D eigenvalue weighted by molar-refractivity contribution is 0.0858. The van der Waals surface area contributed by atoms with Gasteiger partial charge in [0.25, 0.3) is 5.91 Å². The lowest BCUT2D eigenvalue weighted by Gasteiger charge is -2.18. The van der Waals surface area contributed by atoms with Crippen LogP contribution in [0.4, 0.5) is 0 Å². The Bertz CT molecular complexity index is 1010. The van der Waals surface area contributed by atoms with Gasteiger partial charge in [0.2, 0.25) is 0 Å². The first kappa shape index (κ1) is 16.4. The summed E-state index contributed by atoms with van der Waals surface area (Å²) in [5, 5.41) is 13.3. The van der Waals surface area contributed by atoms with Crippen LogP contribution in [-0.2, 0) is 6.42 Å². The molecule has 2 aliphatic carbocycles. The van der Waals surface area contributed by atoms with Crippen molar-refractivity contribution in [3.63, 3.8) is 0 Å². The topological polar surface area (TPSA) is 80.0 Å². The van der Waals surface area contributed by atoms with Crippen molar-refractivity contribution in [1.82, 2.24) is 19.9 Å². The van der Waals surface area contributed by atoms with Gasteiger partial charge in [0.15, 0.2) is 5.65 Å². The summed E-state index contributed by atoms with van der Waals surface area (Å²) in [6, 6.07) is 9.70. The van der Waals surface area contributed by atoms with E-state index in [1.807, 2.05) is 30.6 Å². The van der Waals surface area contributed by atoms with Crippen LogP contribution in [0, 0.1) is 0 Å². The van der Waals surface area contributed by atoms with Crippen LogP contribution in [0.5, 0.6) is 0 Å². The Morgan fingerprint density at radius 2 is 2.00 bits per heavy atom. The van der Waals surface area contributed by atoms with Crippen molar-refractivity contribution in [3.05, 3.63) is 59.5 Å². The molecule has 0 saturated heterocycles. The number of hydrogen-bond donors (Lipinski definition) is 2. The molecule has 6 heteroatoms. The zero-order chi connectivity index (χ0) is 18.4. The molecule has 1 saturated carbocycles. The second-order valence-corrected chi connectivity index (χ2v) is 7.58. The van der Waals surface area contributed by atoms with Gasteiger partial charge in [0, 0.05) is 18.7 Å². The lowest BCUT2D eigenvalue weighted by Crippen LogP contribution is -2.33. The molecular weight excluding hydrogens is 340 g/mol. The molecule has 1 fully saturated rings. The standard InChI is InChI=1S/C21H22N4O2/c26-18-10-13-5-1-4-8-16(13)19(18)24-21(27)14-9-17-20(22-11-14)25(12-23-17)15-6-2-3-7-15/h1,4-5,8-9,11-12,15,18-19,26H,2-3,6-7,10H2,(H,24,27)/t18-,19-/m1/s1. The predicted molar refractivity (Wildman–Crippen MR) is 101 cm³/mol. The molecule has 1 aromatic carbocycles. The van der Waals surface area contributed by atoms with Crippen molar-refractivity contribution in [2.75, 3.05) is 0 Å². The Kier molecular flexibility index (Phi) is 3.93. The van der Waals surface area contributed by atoms with Crippen molar-refractivity contribution >= 4 is 17.1 Å². The van der Waals surface area contributed by atoms with Crippen molar-refractivity contribution in [3.8, 4) is 0 Å². The molecular formula is C21H22N4O2. The number of aromatic nitrogens is 3. The minimum Gasteiger partial charge on any atom is -0.390 e. The maximum atomic E-state index is 12.8. The molecule has 2 aliphatic rings. The second kappa shape index (κ2) is 6.46. The molecule has 0 unspecified atom stereocenters. The number of aliphatic hydroxyl groups is 1. The van der Waals surface area contributed by atoms with Crippen LogP contribution in [0.2, 0.25) is 0 Å². The molecule has 27 heavy (non-hydrogen) atoms. The van der Waals surface area contributed by atoms with Gasteiger partial charge in [-0.3, -0.25) is 4.79 Å². The molecule has 6 nitrogen and oxygen atoms in total. The Hall–Kier alpha value is -2.73. The highest BCUT2D eigenvalue weighted by Gasteiger charge is 2.32. The summed E-state index contributed by atoms with van der Waals surface area (Å²) in [5.41, 5.74) is 4.11. The Labute approximate surface area is 157 Å². The van der Waals surface area contributed by atoms with Gasteiger partial charge in [-0.15, -0.1) is 0 Å². The quantitative estimate of drug-likeness (QED) is 0.751. The Morgan fingerprint density at radius 1 is 1.19 bits per heavy atom. The number of fused-ring (bicyclic) bond motifs is 2. The summed E-state index contributed by atoms with van der Waals surface area (Å²) in [5.74, 6) is -0.236. The normalized spacial score (nSPS) is 22.3. The third-order valence-electron chi connectivity index (χ3n) is 5.88. The number of amides is 1. The highest BCUT2D eigenvalue weighted by atomic mass is 16.3. The van der Waals surface area contributed by atoms with Crippen LogP contribution in [0.15, 0.2) is 42.9 Å². The maximum Gasteiger partial charge on any atom is 0.253 e. The second-order valence-electron chi connectivity index (χ2n) is 7.58. The first-order valence-corrected chi connectivity index (χ1v) is 9.60. The number of benzene rings is 1. The Balaban J connectivity index is 1.40. The van der Waals surface area contributed by atoms with E-state index >= 15 is 0 Å². The van der Waals surface area contributed by atoms with Gasteiger partial charge in [0.1, 0.15) is 5.52 Å². The van der Waals surface area contributed by atoms with E-state index in [0.717, 1.165) is 35.1 Å². The maximum absolute atomic E-state index is 12.8. The van der Waals surface area contributed by atoms with E-state index in [9.17, 15) is 9.90 Å². The summed E-state index contributed by atoms with van der Waals surface area (Å²) in [6.07, 6.45) is 8.22. The zero-order valence-electron chi connectivity index (χ0n) is 15.0. The number of aliphatic hydroxyl groups excluding tert-OH is 1. The van der Waals surface area contributed by atoms with Crippen molar-refractivity contribution in [2.45, 2.75) is 50.3 Å². The predicted octanol–water partition coefficient (Wildman–Crippen LogP) is 2.93. The summed E-state index contributed by atoms with van der Waals surface area (Å²) >= 11 is 0. The highest BCUT2D eigenvalue weighted by molar-refractivity contribution is 5.96. The van der Waals surface area contributed by atoms with Gasteiger partial charge in [-0.25, -0.2) is 9.97 Å². The summed E-state index contributed by atoms with van der Waals surface area (Å²) in [7, 11) is 0. The largest absolute Gasteiger partial charge is 0.390 e. The average molecular weight is 362 g/mol. The number of nitrogens with one attached hydrogen (secondary N) is 1. The number of carbonyl (C=O) groups excluding carboxylic acids is 1. The summed E-state index contributed by atoms with van der Waals surface area (Å²) in [6.45, 7) is 0. The van der Waals surface area contributed by atoms with Crippen molar-refractivity contribution in [1.29, 1.82) is 0 Å². The lowest BCUT2D eigenvalue weighted by atomic mass is 10.1. The van der Waals surface area contributed by atoms with E-state index in [0.29, 0.717) is 18.0 Å². The van der Waals surface area contributed by atoms with Gasteiger partial charge in [0.05, 0.1) is 24.0 Å². The number of carbonyl (C=O) groups is 1. The molecule has 5 rings (SSSR count). The third-order valence-corrected chi connectivity index (χ3v) is 5.88. The van der Waals surface area contributed by atoms with E-state index in [4.69, 9.17) is 0 Å². The minimum atomic E-state index is -0.607. The first-order valence-electron chi connectivity index (χ1n) is 9.60. The van der Waals surface area contributed by atoms with E-state index in [-0.39, 0.29) is 11.9 Å². The molecule has 2 heterocycles. The monoisotopic (exact) mass is 362 g/mol. The van der Waals surface area contributed by atoms with Crippen LogP contribution in [0.25, 0.3) is 11.2 Å². The van der Waals surface area contributed by atoms with Crippen molar-refractivity contribution < 1.29 is 9.90 Å². The SMILES string of the molecule is O=C(N[C@@H]1c2ccccc2C[C@H]1O)c1cnc2c(c1)ncn2C1CCCC1. The number of hydrogen-bond acceptors (Lipinski definition) is 4. The van der Waals surface area contributed by atoms with Crippen LogP contribution in [-0.4, -0.2) is 31.7 Å². The molecule has 1 amide bonds. The van der Waals surface area contributed by atoms with Crippen LogP contribution >= 0.6 is 0 Å². The molecule has 0 radical (unpaired) electrons. The van der Waals surface area contributed by atoms with Gasteiger partial charge in [-0.2, -0.15) is 0 Å². The summed E-state index contributed by atoms with van der Waals surface area (Å²) < 4.78 is 2.14. The fourth-order valence-corrected chi connectivity index (χ4v) is 4.47. The number of imidazole rings is 1. The van der Waals surface area contributed by atoms with E-state index < -0.39 is 6.10 Å². The number of nitrogens with zero attached hydrogens (tertiary/aromatic N) is 3. The average Bonchev–Trinajstić information content (AvgIpc) is 3.40. The van der Waals surface area contributed by atoms with Gasteiger partial charge < -0.3 is 15.0 Å². The smallest absolute Gasteiger partial charge is 0.253 e. The molecule has 2 aromatic heterocycles. The Morgan fingerprint density at radius 3 is 2.85 bits per heavy atom. The van der Waals surface area contributed by atoms with Crippen molar-refractivity contribution in [2.24, 2.45) is 0 Å². The van der Waals surface area contributed by atoms with Crippen LogP contribution in [0.3, 0.4) is 0 Å². The zero-order valence-corrected chi connectivity index (χ0v) is 15.0. The molecule has 2 N–H and O–H groups in total. The van der Waals surface area contributed by atoms with Crippen LogP contribution < -0.4 is 5.32 Å². The van der Waals surface area contributed by atoms with E-state index in [2.05, 4.69) is 19.9 Å². The summed E-state index contributed by atoms with van der Waals surface area (Å²) in [4.78, 5) is 21.7. The minimum absolute atomic E-state index is 0.236. The number of pyridine rings is 1.